The number of aliphatic hydroxyl groups excluding tert-OH is 1. The number of rotatable bonds is 0. The van der Waals surface area contributed by atoms with Crippen molar-refractivity contribution in [2.75, 3.05) is 7.11 Å². The molecule has 0 aromatic rings. The summed E-state index contributed by atoms with van der Waals surface area (Å²) in [6.45, 7) is 3.44. The molecule has 0 aromatic carbocycles. The highest BCUT2D eigenvalue weighted by atomic mass is 16.6. The molecule has 0 fully saturated rings. The van der Waals surface area contributed by atoms with Gasteiger partial charge in [0.1, 0.15) is 0 Å². The molecule has 0 aliphatic carbocycles. The van der Waals surface area contributed by atoms with Crippen molar-refractivity contribution in [2.24, 2.45) is 0 Å². The zero-order chi connectivity index (χ0) is 7.86. The van der Waals surface area contributed by atoms with E-state index in [1.807, 2.05) is 0 Å². The van der Waals surface area contributed by atoms with Gasteiger partial charge in [0.2, 0.25) is 0 Å². The van der Waals surface area contributed by atoms with E-state index >= 15 is 0 Å². The third-order valence-corrected chi connectivity index (χ3v) is 0.175. The fourth-order valence-electron chi connectivity index (χ4n) is 0. The Hall–Kier alpha value is -0.770. The maximum Gasteiger partial charge on any atom is 0.505 e. The van der Waals surface area contributed by atoms with Crippen LogP contribution in [0.5, 0.6) is 0 Å². The highest BCUT2D eigenvalue weighted by Gasteiger charge is 1.80. The van der Waals surface area contributed by atoms with Crippen LogP contribution in [0, 0.1) is 0 Å². The molecule has 0 saturated carbocycles. The minimum atomic E-state index is -1.25. The van der Waals surface area contributed by atoms with Crippen molar-refractivity contribution in [1.29, 1.82) is 0 Å². The fourth-order valence-corrected chi connectivity index (χ4v) is 0. The first-order chi connectivity index (χ1) is 4.00. The van der Waals surface area contributed by atoms with Gasteiger partial charge in [0.05, 0.1) is 7.11 Å². The summed E-state index contributed by atoms with van der Waals surface area (Å²) >= 11 is 0. The maximum absolute atomic E-state index is 9.15. The van der Waals surface area contributed by atoms with Crippen LogP contribution in [0.1, 0.15) is 13.8 Å². The SMILES string of the molecule is CC(C)O.COC(=O)O. The van der Waals surface area contributed by atoms with Gasteiger partial charge in [-0.3, -0.25) is 0 Å². The van der Waals surface area contributed by atoms with E-state index in [0.29, 0.717) is 0 Å². The van der Waals surface area contributed by atoms with Crippen molar-refractivity contribution in [3.63, 3.8) is 0 Å². The Bertz CT molecular complexity index is 66.6. The highest BCUT2D eigenvalue weighted by Crippen LogP contribution is 1.65. The minimum absolute atomic E-state index is 0.167. The molecule has 0 aliphatic rings. The van der Waals surface area contributed by atoms with E-state index < -0.39 is 6.16 Å². The fraction of sp³-hybridized carbons (Fsp3) is 0.800. The van der Waals surface area contributed by atoms with Crippen LogP contribution in [0.3, 0.4) is 0 Å². The summed E-state index contributed by atoms with van der Waals surface area (Å²) in [5.41, 5.74) is 0. The van der Waals surface area contributed by atoms with Gasteiger partial charge < -0.3 is 14.9 Å². The number of hydrogen-bond acceptors (Lipinski definition) is 3. The second-order valence-corrected chi connectivity index (χ2v) is 1.56. The van der Waals surface area contributed by atoms with Crippen molar-refractivity contribution >= 4 is 6.16 Å². The molecular formula is C5H12O4. The number of methoxy groups -OCH3 is 1. The average Bonchev–Trinajstić information content (AvgIpc) is 1.65. The van der Waals surface area contributed by atoms with Gasteiger partial charge in [-0.1, -0.05) is 0 Å². The molecule has 56 valence electrons. The van der Waals surface area contributed by atoms with Gasteiger partial charge in [-0.15, -0.1) is 0 Å². The molecular weight excluding hydrogens is 124 g/mol. The zero-order valence-corrected chi connectivity index (χ0v) is 5.79. The van der Waals surface area contributed by atoms with E-state index in [9.17, 15) is 0 Å². The van der Waals surface area contributed by atoms with Crippen LogP contribution >= 0.6 is 0 Å². The van der Waals surface area contributed by atoms with Crippen molar-refractivity contribution in [3.05, 3.63) is 0 Å². The Balaban J connectivity index is 0. The Kier molecular flexibility index (Phi) is 8.90. The summed E-state index contributed by atoms with van der Waals surface area (Å²) < 4.78 is 3.67. The number of carboxylic acid groups (broad SMARTS) is 1. The lowest BCUT2D eigenvalue weighted by molar-refractivity contribution is 0.114. The summed E-state index contributed by atoms with van der Waals surface area (Å²) in [4.78, 5) is 9.15. The third kappa shape index (κ3) is 131. The monoisotopic (exact) mass is 136 g/mol. The van der Waals surface area contributed by atoms with Gasteiger partial charge in [0.25, 0.3) is 0 Å². The minimum Gasteiger partial charge on any atom is -0.450 e. The average molecular weight is 136 g/mol. The van der Waals surface area contributed by atoms with E-state index in [1.165, 1.54) is 0 Å². The molecule has 0 spiro atoms. The summed E-state index contributed by atoms with van der Waals surface area (Å²) in [7, 11) is 1.10. The van der Waals surface area contributed by atoms with Crippen LogP contribution in [-0.4, -0.2) is 29.6 Å². The molecule has 0 bridgehead atoms. The summed E-state index contributed by atoms with van der Waals surface area (Å²) in [5.74, 6) is 0. The van der Waals surface area contributed by atoms with Crippen LogP contribution in [0.15, 0.2) is 0 Å². The van der Waals surface area contributed by atoms with E-state index in [2.05, 4.69) is 4.74 Å². The smallest absolute Gasteiger partial charge is 0.450 e. The van der Waals surface area contributed by atoms with Gasteiger partial charge in [-0.25, -0.2) is 4.79 Å². The number of carbonyl (C=O) groups is 1. The normalized spacial score (nSPS) is 7.67. The van der Waals surface area contributed by atoms with Gasteiger partial charge in [-0.05, 0) is 13.8 Å². The topological polar surface area (TPSA) is 66.8 Å². The third-order valence-electron chi connectivity index (χ3n) is 0.175. The molecule has 0 atom stereocenters. The highest BCUT2D eigenvalue weighted by molar-refractivity contribution is 5.56. The van der Waals surface area contributed by atoms with Crippen LogP contribution in [0.4, 0.5) is 4.79 Å². The standard InChI is InChI=1S/C3H8O.C2H4O3/c1-3(2)4;1-5-2(3)4/h3-4H,1-2H3;1H3,(H,3,4). The molecule has 9 heavy (non-hydrogen) atoms. The van der Waals surface area contributed by atoms with Crippen molar-refractivity contribution in [3.8, 4) is 0 Å². The molecule has 4 nitrogen and oxygen atoms in total. The molecule has 0 unspecified atom stereocenters. The van der Waals surface area contributed by atoms with Gasteiger partial charge in [0.15, 0.2) is 0 Å². The lowest BCUT2D eigenvalue weighted by Crippen LogP contribution is -1.91. The molecule has 0 amide bonds. The van der Waals surface area contributed by atoms with Crippen LogP contribution in [-0.2, 0) is 4.74 Å². The first kappa shape index (κ1) is 11.1. The molecule has 0 aliphatic heterocycles. The molecule has 0 saturated heterocycles. The Morgan fingerprint density at radius 3 is 1.67 bits per heavy atom. The Morgan fingerprint density at radius 2 is 1.67 bits per heavy atom. The molecule has 4 heteroatoms. The molecule has 0 rings (SSSR count). The summed E-state index contributed by atoms with van der Waals surface area (Å²) in [5, 5.41) is 15.6. The lowest BCUT2D eigenvalue weighted by Gasteiger charge is -1.80. The van der Waals surface area contributed by atoms with Crippen molar-refractivity contribution < 1.29 is 19.7 Å². The van der Waals surface area contributed by atoms with Crippen LogP contribution < -0.4 is 0 Å². The number of hydrogen-bond donors (Lipinski definition) is 2. The number of aliphatic hydroxyl groups is 1. The molecule has 0 heterocycles. The van der Waals surface area contributed by atoms with Crippen LogP contribution in [0.2, 0.25) is 0 Å². The van der Waals surface area contributed by atoms with Crippen molar-refractivity contribution in [1.82, 2.24) is 0 Å². The lowest BCUT2D eigenvalue weighted by atomic mass is 10.5. The zero-order valence-electron chi connectivity index (χ0n) is 5.79. The number of ether oxygens (including phenoxy) is 1. The Labute approximate surface area is 54.1 Å². The van der Waals surface area contributed by atoms with Gasteiger partial charge >= 0.3 is 6.16 Å². The molecule has 2 N–H and O–H groups in total. The quantitative estimate of drug-likeness (QED) is 0.481. The Morgan fingerprint density at radius 1 is 1.56 bits per heavy atom. The summed E-state index contributed by atoms with van der Waals surface area (Å²) in [6, 6.07) is 0. The van der Waals surface area contributed by atoms with Crippen molar-refractivity contribution in [2.45, 2.75) is 20.0 Å². The first-order valence-electron chi connectivity index (χ1n) is 2.45. The van der Waals surface area contributed by atoms with E-state index in [0.717, 1.165) is 7.11 Å². The predicted octanol–water partition coefficient (Wildman–Crippen LogP) is 0.698. The van der Waals surface area contributed by atoms with Gasteiger partial charge in [-0.2, -0.15) is 0 Å². The molecule has 0 radical (unpaired) electrons. The predicted molar refractivity (Wildman–Crippen MR) is 32.4 cm³/mol. The summed E-state index contributed by atoms with van der Waals surface area (Å²) in [6.07, 6.45) is -1.41. The first-order valence-corrected chi connectivity index (χ1v) is 2.45. The maximum atomic E-state index is 9.15. The van der Waals surface area contributed by atoms with E-state index in [4.69, 9.17) is 15.0 Å². The molecule has 0 aromatic heterocycles. The van der Waals surface area contributed by atoms with Gasteiger partial charge in [0, 0.05) is 6.10 Å². The largest absolute Gasteiger partial charge is 0.505 e. The second kappa shape index (κ2) is 7.23. The van der Waals surface area contributed by atoms with E-state index in [-0.39, 0.29) is 6.10 Å². The van der Waals surface area contributed by atoms with Crippen LogP contribution in [0.25, 0.3) is 0 Å². The second-order valence-electron chi connectivity index (χ2n) is 1.56. The van der Waals surface area contributed by atoms with E-state index in [1.54, 1.807) is 13.8 Å².